The molecule has 26 heavy (non-hydrogen) atoms. The van der Waals surface area contributed by atoms with Crippen LogP contribution in [0, 0.1) is 0 Å². The number of benzene rings is 2. The van der Waals surface area contributed by atoms with E-state index in [1.165, 1.54) is 31.2 Å². The van der Waals surface area contributed by atoms with Gasteiger partial charge >= 0.3 is 12.1 Å². The summed E-state index contributed by atoms with van der Waals surface area (Å²) in [6.07, 6.45) is -4.81. The van der Waals surface area contributed by atoms with E-state index in [9.17, 15) is 27.6 Å². The second-order valence-electron chi connectivity index (χ2n) is 5.48. The first kappa shape index (κ1) is 19.2. The molecule has 0 spiro atoms. The average Bonchev–Trinajstić information content (AvgIpc) is 2.58. The lowest BCUT2D eigenvalue weighted by molar-refractivity contribution is -0.155. The van der Waals surface area contributed by atoms with Gasteiger partial charge in [-0.25, -0.2) is 4.79 Å². The van der Waals surface area contributed by atoms with Crippen molar-refractivity contribution in [3.63, 3.8) is 0 Å². The minimum Gasteiger partial charge on any atom is -0.478 e. The molecule has 0 aromatic heterocycles. The number of carbonyl (C=O) groups is 3. The van der Waals surface area contributed by atoms with Crippen LogP contribution < -0.4 is 5.32 Å². The van der Waals surface area contributed by atoms with Crippen LogP contribution >= 0.6 is 0 Å². The Balaban J connectivity index is 2.36. The lowest BCUT2D eigenvalue weighted by atomic mass is 10.0. The van der Waals surface area contributed by atoms with Crippen molar-refractivity contribution < 1.29 is 32.7 Å². The minimum atomic E-state index is -4.81. The molecule has 0 aliphatic carbocycles. The van der Waals surface area contributed by atoms with Crippen LogP contribution in [-0.2, 0) is 0 Å². The third-order valence-electron chi connectivity index (χ3n) is 3.66. The van der Waals surface area contributed by atoms with E-state index in [2.05, 4.69) is 0 Å². The van der Waals surface area contributed by atoms with Gasteiger partial charge in [-0.15, -0.1) is 0 Å². The number of alkyl halides is 3. The Bertz CT molecular complexity index is 844. The molecule has 1 unspecified atom stereocenters. The SMILES string of the molecule is CC(=O)c1ccc(C(NC(=O)c2ccccc2C(=O)O)C(F)(F)F)cc1. The predicted molar refractivity (Wildman–Crippen MR) is 86.1 cm³/mol. The van der Waals surface area contributed by atoms with Gasteiger partial charge in [-0.2, -0.15) is 13.2 Å². The fraction of sp³-hybridized carbons (Fsp3) is 0.167. The maximum atomic E-state index is 13.4. The lowest BCUT2D eigenvalue weighted by Crippen LogP contribution is -2.38. The maximum Gasteiger partial charge on any atom is 0.412 e. The zero-order chi connectivity index (χ0) is 19.5. The highest BCUT2D eigenvalue weighted by atomic mass is 19.4. The third-order valence-corrected chi connectivity index (χ3v) is 3.66. The van der Waals surface area contributed by atoms with Gasteiger partial charge < -0.3 is 10.4 Å². The van der Waals surface area contributed by atoms with Crippen LogP contribution in [0.1, 0.15) is 49.6 Å². The summed E-state index contributed by atoms with van der Waals surface area (Å²) < 4.78 is 40.2. The number of hydrogen-bond acceptors (Lipinski definition) is 3. The monoisotopic (exact) mass is 365 g/mol. The molecule has 2 rings (SSSR count). The number of halogens is 3. The molecule has 2 N–H and O–H groups in total. The van der Waals surface area contributed by atoms with Gasteiger partial charge in [0, 0.05) is 5.56 Å². The van der Waals surface area contributed by atoms with E-state index in [0.29, 0.717) is 0 Å². The van der Waals surface area contributed by atoms with Crippen molar-refractivity contribution in [2.24, 2.45) is 0 Å². The van der Waals surface area contributed by atoms with Crippen molar-refractivity contribution in [2.75, 3.05) is 0 Å². The smallest absolute Gasteiger partial charge is 0.412 e. The van der Waals surface area contributed by atoms with Gasteiger partial charge in [0.15, 0.2) is 11.8 Å². The van der Waals surface area contributed by atoms with Gasteiger partial charge in [-0.3, -0.25) is 9.59 Å². The van der Waals surface area contributed by atoms with Crippen molar-refractivity contribution in [3.05, 3.63) is 70.8 Å². The first-order valence-corrected chi connectivity index (χ1v) is 7.42. The second-order valence-corrected chi connectivity index (χ2v) is 5.48. The van der Waals surface area contributed by atoms with Crippen LogP contribution in [-0.4, -0.2) is 28.9 Å². The fourth-order valence-electron chi connectivity index (χ4n) is 2.34. The molecule has 0 aliphatic heterocycles. The molecule has 0 fully saturated rings. The number of Topliss-reactive ketones (excluding diaryl/α,β-unsaturated/α-hetero) is 1. The highest BCUT2D eigenvalue weighted by molar-refractivity contribution is 6.04. The van der Waals surface area contributed by atoms with Crippen LogP contribution in [0.4, 0.5) is 13.2 Å². The van der Waals surface area contributed by atoms with Gasteiger partial charge in [0.2, 0.25) is 0 Å². The van der Waals surface area contributed by atoms with E-state index < -0.39 is 29.7 Å². The van der Waals surface area contributed by atoms with Crippen LogP contribution in [0.15, 0.2) is 48.5 Å². The first-order chi connectivity index (χ1) is 12.1. The molecule has 0 saturated carbocycles. The average molecular weight is 365 g/mol. The van der Waals surface area contributed by atoms with Gasteiger partial charge in [0.1, 0.15) is 0 Å². The summed E-state index contributed by atoms with van der Waals surface area (Å²) in [5.74, 6) is -2.90. The number of aromatic carboxylic acids is 1. The van der Waals surface area contributed by atoms with Crippen LogP contribution in [0.2, 0.25) is 0 Å². The normalized spacial score (nSPS) is 12.3. The van der Waals surface area contributed by atoms with E-state index in [1.807, 2.05) is 5.32 Å². The largest absolute Gasteiger partial charge is 0.478 e. The number of rotatable bonds is 5. The molecular formula is C18H14F3NO4. The zero-order valence-corrected chi connectivity index (χ0v) is 13.5. The number of nitrogens with one attached hydrogen (secondary N) is 1. The zero-order valence-electron chi connectivity index (χ0n) is 13.5. The third kappa shape index (κ3) is 4.27. The van der Waals surface area contributed by atoms with Crippen molar-refractivity contribution in [1.29, 1.82) is 0 Å². The molecule has 0 aliphatic rings. The summed E-state index contributed by atoms with van der Waals surface area (Å²) in [6.45, 7) is 1.28. The molecule has 8 heteroatoms. The Morgan fingerprint density at radius 3 is 1.96 bits per heavy atom. The van der Waals surface area contributed by atoms with Gasteiger partial charge in [-0.05, 0) is 24.6 Å². The molecule has 5 nitrogen and oxygen atoms in total. The summed E-state index contributed by atoms with van der Waals surface area (Å²) in [4.78, 5) is 34.6. The molecule has 2 aromatic rings. The van der Waals surface area contributed by atoms with Crippen LogP contribution in [0.3, 0.4) is 0 Å². The van der Waals surface area contributed by atoms with E-state index >= 15 is 0 Å². The number of hydrogen-bond donors (Lipinski definition) is 2. The molecule has 1 atom stereocenters. The highest BCUT2D eigenvalue weighted by Gasteiger charge is 2.42. The molecule has 0 radical (unpaired) electrons. The Morgan fingerprint density at radius 1 is 0.962 bits per heavy atom. The molecule has 0 bridgehead atoms. The predicted octanol–water partition coefficient (Wildman–Crippen LogP) is 3.62. The van der Waals surface area contributed by atoms with Gasteiger partial charge in [0.05, 0.1) is 11.1 Å². The van der Waals surface area contributed by atoms with Crippen LogP contribution in [0.25, 0.3) is 0 Å². The molecule has 0 saturated heterocycles. The summed E-state index contributed by atoms with van der Waals surface area (Å²) >= 11 is 0. The quantitative estimate of drug-likeness (QED) is 0.793. The van der Waals surface area contributed by atoms with E-state index in [0.717, 1.165) is 24.3 Å². The lowest BCUT2D eigenvalue weighted by Gasteiger charge is -2.22. The Kier molecular flexibility index (Phi) is 5.44. The maximum absolute atomic E-state index is 13.4. The van der Waals surface area contributed by atoms with Crippen molar-refractivity contribution >= 4 is 17.7 Å². The number of carboxylic acid groups (broad SMARTS) is 1. The molecule has 2 aromatic carbocycles. The summed E-state index contributed by atoms with van der Waals surface area (Å²) in [7, 11) is 0. The number of carbonyl (C=O) groups excluding carboxylic acids is 2. The Hall–Kier alpha value is -3.16. The molecule has 0 heterocycles. The standard InChI is InChI=1S/C18H14F3NO4/c1-10(23)11-6-8-12(9-7-11)15(18(19,20)21)22-16(24)13-4-2-3-5-14(13)17(25)26/h2-9,15H,1H3,(H,22,24)(H,25,26). The topological polar surface area (TPSA) is 83.5 Å². The summed E-state index contributed by atoms with van der Waals surface area (Å²) in [6, 6.07) is 7.27. The van der Waals surface area contributed by atoms with Crippen molar-refractivity contribution in [3.8, 4) is 0 Å². The highest BCUT2D eigenvalue weighted by Crippen LogP contribution is 2.33. The molecule has 1 amide bonds. The fourth-order valence-corrected chi connectivity index (χ4v) is 2.34. The number of amides is 1. The van der Waals surface area contributed by atoms with Crippen molar-refractivity contribution in [1.82, 2.24) is 5.32 Å². The molecular weight excluding hydrogens is 351 g/mol. The van der Waals surface area contributed by atoms with Gasteiger partial charge in [0.25, 0.3) is 5.91 Å². The molecule has 136 valence electrons. The summed E-state index contributed by atoms with van der Waals surface area (Å²) in [5.41, 5.74) is -0.826. The first-order valence-electron chi connectivity index (χ1n) is 7.42. The second kappa shape index (κ2) is 7.38. The Morgan fingerprint density at radius 2 is 1.50 bits per heavy atom. The van der Waals surface area contributed by atoms with Crippen molar-refractivity contribution in [2.45, 2.75) is 19.1 Å². The minimum absolute atomic E-state index is 0.234. The summed E-state index contributed by atoms with van der Waals surface area (Å²) in [5, 5.41) is 10.9. The van der Waals surface area contributed by atoms with E-state index in [1.54, 1.807) is 0 Å². The van der Waals surface area contributed by atoms with E-state index in [4.69, 9.17) is 5.11 Å². The Labute approximate surface area is 146 Å². The number of ketones is 1. The van der Waals surface area contributed by atoms with Gasteiger partial charge in [-0.1, -0.05) is 36.4 Å². The van der Waals surface area contributed by atoms with E-state index in [-0.39, 0.29) is 22.5 Å². The van der Waals surface area contributed by atoms with Crippen LogP contribution in [0.5, 0.6) is 0 Å². The number of carboxylic acids is 1.